The van der Waals surface area contributed by atoms with Gasteiger partial charge < -0.3 is 0 Å². The largest absolute Gasteiger partial charge is 0.292 e. The minimum absolute atomic E-state index is 0.939. The van der Waals surface area contributed by atoms with Crippen molar-refractivity contribution in [2.24, 2.45) is 0 Å². The number of hydrogen-bond donors (Lipinski definition) is 0. The fraction of sp³-hybridized carbons (Fsp3) is 0. The molecule has 2 heteroatoms. The highest BCUT2D eigenvalue weighted by Gasteiger charge is 2.20. The normalized spacial score (nSPS) is 11.8. The zero-order valence-corrected chi connectivity index (χ0v) is 25.6. The van der Waals surface area contributed by atoms with E-state index in [2.05, 4.69) is 174 Å². The fourth-order valence-electron chi connectivity index (χ4n) is 7.64. The van der Waals surface area contributed by atoms with Crippen LogP contribution >= 0.6 is 0 Å². The molecule has 0 N–H and O–H groups in total. The molecule has 0 aliphatic rings. The Morgan fingerprint density at radius 2 is 0.915 bits per heavy atom. The van der Waals surface area contributed by atoms with Crippen LogP contribution in [0, 0.1) is 0 Å². The summed E-state index contributed by atoms with van der Waals surface area (Å²) in [4.78, 5) is 5.43. The number of nitrogens with zero attached hydrogens (tertiary/aromatic N) is 2. The Bertz CT molecular complexity index is 2820. The van der Waals surface area contributed by atoms with Crippen molar-refractivity contribution in [2.75, 3.05) is 0 Å². The molecule has 1 heterocycles. The Kier molecular flexibility index (Phi) is 5.61. The van der Waals surface area contributed by atoms with Gasteiger partial charge in [-0.3, -0.25) is 4.57 Å². The van der Waals surface area contributed by atoms with Crippen LogP contribution in [0.25, 0.3) is 93.1 Å². The summed E-state index contributed by atoms with van der Waals surface area (Å²) in [5.41, 5.74) is 6.77. The lowest BCUT2D eigenvalue weighted by atomic mass is 9.91. The number of fused-ring (bicyclic) bond motifs is 11. The summed E-state index contributed by atoms with van der Waals surface area (Å²) in [6.45, 7) is 0. The van der Waals surface area contributed by atoms with Crippen molar-refractivity contribution in [3.63, 3.8) is 0 Å². The topological polar surface area (TPSA) is 17.8 Å². The van der Waals surface area contributed by atoms with Crippen molar-refractivity contribution in [1.29, 1.82) is 0 Å². The first-order valence-corrected chi connectivity index (χ1v) is 16.1. The van der Waals surface area contributed by atoms with Gasteiger partial charge in [0.15, 0.2) is 0 Å². The summed E-state index contributed by atoms with van der Waals surface area (Å²) >= 11 is 0. The molecule has 10 aromatic rings. The molecule has 0 fully saturated rings. The molecule has 0 aliphatic heterocycles. The van der Waals surface area contributed by atoms with E-state index in [1.54, 1.807) is 0 Å². The monoisotopic (exact) mass is 596 g/mol. The molecule has 0 amide bonds. The minimum atomic E-state index is 0.939. The Morgan fingerprint density at radius 1 is 0.362 bits per heavy atom. The average Bonchev–Trinajstić information content (AvgIpc) is 3.56. The van der Waals surface area contributed by atoms with E-state index in [0.29, 0.717) is 0 Å². The average molecular weight is 597 g/mol. The van der Waals surface area contributed by atoms with Gasteiger partial charge in [-0.2, -0.15) is 0 Å². The second kappa shape index (κ2) is 10.1. The van der Waals surface area contributed by atoms with Crippen molar-refractivity contribution in [1.82, 2.24) is 9.55 Å². The second-order valence-corrected chi connectivity index (χ2v) is 12.3. The van der Waals surface area contributed by atoms with Gasteiger partial charge in [-0.1, -0.05) is 158 Å². The van der Waals surface area contributed by atoms with Gasteiger partial charge in [0, 0.05) is 22.0 Å². The van der Waals surface area contributed by atoms with Crippen molar-refractivity contribution < 1.29 is 0 Å². The third-order valence-corrected chi connectivity index (χ3v) is 9.75. The lowest BCUT2D eigenvalue weighted by Crippen LogP contribution is -1.98. The molecule has 0 radical (unpaired) electrons. The van der Waals surface area contributed by atoms with Gasteiger partial charge in [-0.15, -0.1) is 0 Å². The second-order valence-electron chi connectivity index (χ2n) is 12.3. The van der Waals surface area contributed by atoms with Crippen molar-refractivity contribution in [2.45, 2.75) is 0 Å². The third kappa shape index (κ3) is 3.89. The van der Waals surface area contributed by atoms with Crippen LogP contribution in [0.3, 0.4) is 0 Å². The van der Waals surface area contributed by atoms with Gasteiger partial charge in [0.1, 0.15) is 5.82 Å². The first-order valence-electron chi connectivity index (χ1n) is 16.1. The maximum absolute atomic E-state index is 5.43. The fourth-order valence-corrected chi connectivity index (χ4v) is 7.64. The molecule has 0 bridgehead atoms. The van der Waals surface area contributed by atoms with Gasteiger partial charge >= 0.3 is 0 Å². The third-order valence-electron chi connectivity index (χ3n) is 9.75. The number of rotatable bonds is 3. The lowest BCUT2D eigenvalue weighted by Gasteiger charge is -2.14. The highest BCUT2D eigenvalue weighted by Crippen LogP contribution is 2.41. The van der Waals surface area contributed by atoms with E-state index in [0.717, 1.165) is 28.1 Å². The summed E-state index contributed by atoms with van der Waals surface area (Å²) in [5, 5.41) is 12.5. The maximum Gasteiger partial charge on any atom is 0.145 e. The quantitative estimate of drug-likeness (QED) is 0.186. The molecule has 0 saturated carbocycles. The number of para-hydroxylation sites is 1. The standard InChI is InChI=1S/C45H28N2/c1-2-13-34(14-3-1)47-44-40-19-9-7-17-38(40)37-16-6-8-18-39(37)43(44)46-45(47)33-27-22-30(23-28-33)36-20-10-12-31-25-26-32-24-21-29-11-4-5-15-35(29)42(32)41(31)36/h1-28H. The van der Waals surface area contributed by atoms with Crippen molar-refractivity contribution in [3.05, 3.63) is 170 Å². The van der Waals surface area contributed by atoms with Gasteiger partial charge in [0.2, 0.25) is 0 Å². The summed E-state index contributed by atoms with van der Waals surface area (Å²) < 4.78 is 2.34. The molecular formula is C45H28N2. The maximum atomic E-state index is 5.43. The number of hydrogen-bond acceptors (Lipinski definition) is 1. The molecule has 0 spiro atoms. The van der Waals surface area contributed by atoms with E-state index in [4.69, 9.17) is 4.98 Å². The van der Waals surface area contributed by atoms with Gasteiger partial charge in [-0.25, -0.2) is 4.98 Å². The Labute approximate surface area is 271 Å². The number of imidazole rings is 1. The number of aromatic nitrogens is 2. The molecule has 0 aliphatic carbocycles. The van der Waals surface area contributed by atoms with Crippen LogP contribution < -0.4 is 0 Å². The summed E-state index contributed by atoms with van der Waals surface area (Å²) in [7, 11) is 0. The van der Waals surface area contributed by atoms with Crippen LogP contribution in [-0.2, 0) is 0 Å². The highest BCUT2D eigenvalue weighted by atomic mass is 15.1. The van der Waals surface area contributed by atoms with Gasteiger partial charge in [0.25, 0.3) is 0 Å². The molecule has 218 valence electrons. The molecule has 10 rings (SSSR count). The summed E-state index contributed by atoms with van der Waals surface area (Å²) in [6, 6.07) is 61.3. The molecule has 1 aromatic heterocycles. The Morgan fingerprint density at radius 3 is 1.68 bits per heavy atom. The zero-order chi connectivity index (χ0) is 30.9. The molecule has 2 nitrogen and oxygen atoms in total. The van der Waals surface area contributed by atoms with Crippen LogP contribution in [0.15, 0.2) is 170 Å². The van der Waals surface area contributed by atoms with E-state index in [9.17, 15) is 0 Å². The van der Waals surface area contributed by atoms with E-state index in [1.165, 1.54) is 65.0 Å². The molecule has 47 heavy (non-hydrogen) atoms. The van der Waals surface area contributed by atoms with Crippen molar-refractivity contribution in [3.8, 4) is 28.2 Å². The predicted molar refractivity (Wildman–Crippen MR) is 199 cm³/mol. The Hall–Kier alpha value is -6.25. The van der Waals surface area contributed by atoms with Crippen LogP contribution in [-0.4, -0.2) is 9.55 Å². The first kappa shape index (κ1) is 26.0. The summed E-state index contributed by atoms with van der Waals surface area (Å²) in [6.07, 6.45) is 0. The lowest BCUT2D eigenvalue weighted by molar-refractivity contribution is 1.11. The minimum Gasteiger partial charge on any atom is -0.292 e. The smallest absolute Gasteiger partial charge is 0.145 e. The SMILES string of the molecule is c1ccc(-n2c(-c3ccc(-c4cccc5ccc6ccc7ccccc7c6c45)cc3)nc3c4ccccc4c4ccccc4c32)cc1. The van der Waals surface area contributed by atoms with Crippen molar-refractivity contribution >= 4 is 64.9 Å². The van der Waals surface area contributed by atoms with E-state index in [-0.39, 0.29) is 0 Å². The van der Waals surface area contributed by atoms with E-state index in [1.807, 2.05) is 0 Å². The molecule has 0 atom stereocenters. The highest BCUT2D eigenvalue weighted by molar-refractivity contribution is 6.25. The number of benzene rings is 9. The van der Waals surface area contributed by atoms with Crippen LogP contribution in [0.1, 0.15) is 0 Å². The van der Waals surface area contributed by atoms with Crippen LogP contribution in [0.5, 0.6) is 0 Å². The van der Waals surface area contributed by atoms with E-state index >= 15 is 0 Å². The Balaban J connectivity index is 1.23. The molecular weight excluding hydrogens is 569 g/mol. The van der Waals surface area contributed by atoms with Gasteiger partial charge in [0.05, 0.1) is 11.0 Å². The van der Waals surface area contributed by atoms with E-state index < -0.39 is 0 Å². The predicted octanol–water partition coefficient (Wildman–Crippen LogP) is 12.1. The summed E-state index contributed by atoms with van der Waals surface area (Å²) in [5.74, 6) is 0.939. The molecule has 0 unspecified atom stereocenters. The first-order chi connectivity index (χ1) is 23.3. The molecule has 0 saturated heterocycles. The van der Waals surface area contributed by atoms with Crippen LogP contribution in [0.2, 0.25) is 0 Å². The van der Waals surface area contributed by atoms with Gasteiger partial charge in [-0.05, 0) is 66.3 Å². The zero-order valence-electron chi connectivity index (χ0n) is 25.6. The molecule has 9 aromatic carbocycles. The van der Waals surface area contributed by atoms with Crippen LogP contribution in [0.4, 0.5) is 0 Å².